The van der Waals surface area contributed by atoms with Crippen LogP contribution in [0.2, 0.25) is 0 Å². The summed E-state index contributed by atoms with van der Waals surface area (Å²) in [6, 6.07) is 5.34. The molecule has 9 heteroatoms. The number of allylic oxidation sites excluding steroid dienone is 5. The molecule has 0 radical (unpaired) electrons. The molecule has 204 valence electrons. The van der Waals surface area contributed by atoms with Gasteiger partial charge in [-0.25, -0.2) is 0 Å². The fourth-order valence-corrected chi connectivity index (χ4v) is 4.92. The molecule has 1 aromatic rings. The van der Waals surface area contributed by atoms with Crippen LogP contribution in [-0.2, 0) is 4.79 Å². The van der Waals surface area contributed by atoms with Crippen LogP contribution in [0, 0.1) is 11.8 Å². The fraction of sp³-hybridized carbons (Fsp3) is 0.464. The molecule has 5 nitrogen and oxygen atoms in total. The highest BCUT2D eigenvalue weighted by atomic mass is 32.2. The van der Waals surface area contributed by atoms with Crippen molar-refractivity contribution in [1.29, 1.82) is 0 Å². The Bertz CT molecular complexity index is 1060. The molecule has 2 rings (SSSR count). The Kier molecular flexibility index (Phi) is 11.7. The van der Waals surface area contributed by atoms with Crippen LogP contribution in [-0.4, -0.2) is 36.2 Å². The van der Waals surface area contributed by atoms with Gasteiger partial charge in [0.1, 0.15) is 18.1 Å². The normalized spacial score (nSPS) is 15.7. The zero-order valence-electron chi connectivity index (χ0n) is 21.7. The van der Waals surface area contributed by atoms with Gasteiger partial charge in [-0.15, -0.1) is 11.8 Å². The number of carboxylic acid groups (broad SMARTS) is 1. The Balaban J connectivity index is 2.02. The van der Waals surface area contributed by atoms with E-state index in [4.69, 9.17) is 20.3 Å². The van der Waals surface area contributed by atoms with E-state index in [1.807, 2.05) is 20.8 Å². The first-order valence-electron chi connectivity index (χ1n) is 12.3. The second-order valence-electron chi connectivity index (χ2n) is 9.06. The summed E-state index contributed by atoms with van der Waals surface area (Å²) in [6.07, 6.45) is 2.00. The molecule has 1 unspecified atom stereocenters. The molecule has 0 saturated heterocycles. The summed E-state index contributed by atoms with van der Waals surface area (Å²) in [5.41, 5.74) is 7.95. The molecule has 0 saturated carbocycles. The van der Waals surface area contributed by atoms with E-state index in [1.54, 1.807) is 37.3 Å². The number of ether oxygens (including phenoxy) is 2. The van der Waals surface area contributed by atoms with Gasteiger partial charge in [0.25, 0.3) is 0 Å². The highest BCUT2D eigenvalue weighted by molar-refractivity contribution is 8.03. The predicted octanol–water partition coefficient (Wildman–Crippen LogP) is 7.36. The van der Waals surface area contributed by atoms with Gasteiger partial charge in [-0.1, -0.05) is 45.9 Å². The van der Waals surface area contributed by atoms with Gasteiger partial charge in [-0.2, -0.15) is 13.2 Å². The quantitative estimate of drug-likeness (QED) is 0.201. The summed E-state index contributed by atoms with van der Waals surface area (Å²) < 4.78 is 50.8. The number of nitrogens with two attached hydrogens (primary N) is 1. The minimum absolute atomic E-state index is 0.0403. The van der Waals surface area contributed by atoms with Crippen LogP contribution < -0.4 is 15.2 Å². The third-order valence-electron chi connectivity index (χ3n) is 5.65. The van der Waals surface area contributed by atoms with Crippen LogP contribution in [0.3, 0.4) is 0 Å². The second-order valence-corrected chi connectivity index (χ2v) is 10.2. The minimum Gasteiger partial charge on any atom is -0.493 e. The van der Waals surface area contributed by atoms with Crippen molar-refractivity contribution in [3.05, 3.63) is 64.2 Å². The number of thioether (sulfide) groups is 1. The predicted molar refractivity (Wildman–Crippen MR) is 144 cm³/mol. The summed E-state index contributed by atoms with van der Waals surface area (Å²) in [7, 11) is 0. The Labute approximate surface area is 221 Å². The average molecular weight is 540 g/mol. The van der Waals surface area contributed by atoms with Crippen LogP contribution in [0.25, 0.3) is 5.57 Å². The van der Waals surface area contributed by atoms with Crippen molar-refractivity contribution in [2.75, 3.05) is 19.0 Å². The number of hydrogen-bond acceptors (Lipinski definition) is 5. The smallest absolute Gasteiger partial charge is 0.416 e. The van der Waals surface area contributed by atoms with Gasteiger partial charge in [0.15, 0.2) is 0 Å². The highest BCUT2D eigenvalue weighted by Crippen LogP contribution is 2.36. The van der Waals surface area contributed by atoms with Crippen molar-refractivity contribution in [2.45, 2.75) is 53.1 Å². The van der Waals surface area contributed by atoms with Crippen molar-refractivity contribution in [3.63, 3.8) is 0 Å². The molecular weight excluding hydrogens is 503 g/mol. The Morgan fingerprint density at radius 2 is 2.03 bits per heavy atom. The minimum atomic E-state index is -4.35. The maximum Gasteiger partial charge on any atom is 0.416 e. The van der Waals surface area contributed by atoms with Gasteiger partial charge in [0.05, 0.1) is 18.6 Å². The van der Waals surface area contributed by atoms with Gasteiger partial charge in [-0.05, 0) is 42.5 Å². The average Bonchev–Trinajstić information content (AvgIpc) is 2.82. The van der Waals surface area contributed by atoms with E-state index in [9.17, 15) is 18.0 Å². The first kappa shape index (κ1) is 30.4. The molecule has 37 heavy (non-hydrogen) atoms. The molecule has 0 bridgehead atoms. The molecule has 0 aliphatic carbocycles. The molecule has 1 atom stereocenters. The lowest BCUT2D eigenvalue weighted by atomic mass is 9.99. The van der Waals surface area contributed by atoms with Crippen molar-refractivity contribution in [1.82, 2.24) is 0 Å². The number of fused-ring (bicyclic) bond motifs is 1. The molecule has 0 aromatic heterocycles. The highest BCUT2D eigenvalue weighted by Gasteiger charge is 2.31. The number of carboxylic acids is 1. The summed E-state index contributed by atoms with van der Waals surface area (Å²) in [4.78, 5) is 12.1. The Morgan fingerprint density at radius 3 is 2.65 bits per heavy atom. The topological polar surface area (TPSA) is 81.8 Å². The van der Waals surface area contributed by atoms with E-state index in [0.717, 1.165) is 22.2 Å². The largest absolute Gasteiger partial charge is 0.493 e. The fourth-order valence-electron chi connectivity index (χ4n) is 3.69. The maximum absolute atomic E-state index is 13.0. The molecule has 0 fully saturated rings. The van der Waals surface area contributed by atoms with Crippen LogP contribution >= 0.6 is 11.8 Å². The van der Waals surface area contributed by atoms with Crippen molar-refractivity contribution in [3.8, 4) is 11.5 Å². The summed E-state index contributed by atoms with van der Waals surface area (Å²) in [6.45, 7) is 8.32. The first-order valence-corrected chi connectivity index (χ1v) is 13.3. The molecule has 3 N–H and O–H groups in total. The number of benzene rings is 1. The lowest BCUT2D eigenvalue weighted by Gasteiger charge is -2.22. The van der Waals surface area contributed by atoms with Gasteiger partial charge in [0, 0.05) is 33.9 Å². The van der Waals surface area contributed by atoms with Crippen molar-refractivity contribution < 1.29 is 32.5 Å². The van der Waals surface area contributed by atoms with E-state index in [1.165, 1.54) is 17.8 Å². The standard InChI is InChI=1S/C28H36F3NO4S/c1-5-8-21(28(29,30)31)9-6-7-14-37-27(26(32)18(2)3)19(4)17-36-22-10-11-23-20(15-25(33)34)12-13-35-24(23)16-22/h6,8-12,16,18-19H,5,7,13-15,17,32H2,1-4H3,(H,33,34)/b9-6-,21-8+,27-26-. The van der Waals surface area contributed by atoms with Crippen LogP contribution in [0.1, 0.15) is 52.5 Å². The molecule has 1 heterocycles. The zero-order chi connectivity index (χ0) is 27.6. The zero-order valence-corrected chi connectivity index (χ0v) is 22.5. The SMILES string of the molecule is CC/C=C(\C=C/CCS/C(=C(\N)C(C)C)C(C)COc1ccc2c(c1)OCC=C2CC(=O)O)C(F)(F)F. The lowest BCUT2D eigenvalue weighted by Crippen LogP contribution is -2.17. The van der Waals surface area contributed by atoms with E-state index in [-0.39, 0.29) is 18.3 Å². The molecular formula is C28H36F3NO4S. The van der Waals surface area contributed by atoms with Crippen LogP contribution in [0.15, 0.2) is 58.7 Å². The third-order valence-corrected chi connectivity index (χ3v) is 7.04. The van der Waals surface area contributed by atoms with Crippen LogP contribution in [0.5, 0.6) is 11.5 Å². The molecule has 1 aliphatic heterocycles. The lowest BCUT2D eigenvalue weighted by molar-refractivity contribution is -0.135. The van der Waals surface area contributed by atoms with Gasteiger partial charge in [-0.3, -0.25) is 4.79 Å². The van der Waals surface area contributed by atoms with Crippen molar-refractivity contribution >= 4 is 23.3 Å². The number of carbonyl (C=O) groups is 1. The summed E-state index contributed by atoms with van der Waals surface area (Å²) in [5, 5.41) is 9.12. The van der Waals surface area contributed by atoms with Gasteiger partial charge < -0.3 is 20.3 Å². The number of hydrogen-bond donors (Lipinski definition) is 2. The number of aliphatic carboxylic acids is 1. The van der Waals surface area contributed by atoms with Crippen LogP contribution in [0.4, 0.5) is 13.2 Å². The monoisotopic (exact) mass is 539 g/mol. The van der Waals surface area contributed by atoms with E-state index < -0.39 is 17.7 Å². The summed E-state index contributed by atoms with van der Waals surface area (Å²) in [5.74, 6) is 0.939. The van der Waals surface area contributed by atoms with E-state index in [2.05, 4.69) is 0 Å². The van der Waals surface area contributed by atoms with Gasteiger partial charge >= 0.3 is 12.1 Å². The molecule has 0 spiro atoms. The Hall–Kier alpha value is -2.81. The maximum atomic E-state index is 13.0. The first-order chi connectivity index (χ1) is 17.4. The van der Waals surface area contributed by atoms with Crippen molar-refractivity contribution in [2.24, 2.45) is 17.6 Å². The van der Waals surface area contributed by atoms with E-state index >= 15 is 0 Å². The third kappa shape index (κ3) is 9.54. The molecule has 1 aliphatic rings. The number of halogens is 3. The van der Waals surface area contributed by atoms with E-state index in [0.29, 0.717) is 48.9 Å². The number of rotatable bonds is 13. The second kappa shape index (κ2) is 14.2. The Morgan fingerprint density at radius 1 is 1.30 bits per heavy atom. The number of alkyl halides is 3. The molecule has 0 amide bonds. The molecule has 1 aromatic carbocycles. The van der Waals surface area contributed by atoms with Gasteiger partial charge in [0.2, 0.25) is 0 Å². The summed E-state index contributed by atoms with van der Waals surface area (Å²) >= 11 is 1.54.